The van der Waals surface area contributed by atoms with E-state index in [9.17, 15) is 0 Å². The standard InChI is InChI=1S/C20H19N5O/c1-13-14(2)25(17-10-6-7-11-21-17)20-18(13)19(22-12-23-20)24-15-8-4-5-9-16(15)26-3/h4-12H,1-3H3,(H,22,23,24). The molecule has 6 nitrogen and oxygen atoms in total. The van der Waals surface area contributed by atoms with Crippen LogP contribution in [-0.2, 0) is 0 Å². The van der Waals surface area contributed by atoms with Gasteiger partial charge in [0.2, 0.25) is 0 Å². The summed E-state index contributed by atoms with van der Waals surface area (Å²) < 4.78 is 7.49. The van der Waals surface area contributed by atoms with E-state index < -0.39 is 0 Å². The van der Waals surface area contributed by atoms with Crippen LogP contribution in [0.1, 0.15) is 11.3 Å². The quantitative estimate of drug-likeness (QED) is 0.601. The molecule has 1 N–H and O–H groups in total. The van der Waals surface area contributed by atoms with E-state index in [1.807, 2.05) is 42.5 Å². The van der Waals surface area contributed by atoms with Gasteiger partial charge in [0.15, 0.2) is 5.65 Å². The molecule has 3 heterocycles. The number of benzene rings is 1. The molecule has 4 aromatic rings. The number of anilines is 2. The van der Waals surface area contributed by atoms with Crippen molar-refractivity contribution in [1.82, 2.24) is 19.5 Å². The van der Waals surface area contributed by atoms with Crippen LogP contribution in [0.5, 0.6) is 5.75 Å². The molecule has 4 rings (SSSR count). The monoisotopic (exact) mass is 345 g/mol. The van der Waals surface area contributed by atoms with Crippen LogP contribution in [0, 0.1) is 13.8 Å². The molecule has 26 heavy (non-hydrogen) atoms. The first kappa shape index (κ1) is 16.1. The zero-order chi connectivity index (χ0) is 18.1. The fraction of sp³-hybridized carbons (Fsp3) is 0.150. The number of methoxy groups -OCH3 is 1. The van der Waals surface area contributed by atoms with Gasteiger partial charge in [0.05, 0.1) is 18.2 Å². The van der Waals surface area contributed by atoms with Crippen molar-refractivity contribution in [3.05, 3.63) is 66.2 Å². The largest absolute Gasteiger partial charge is 0.495 e. The number of hydrogen-bond acceptors (Lipinski definition) is 5. The Morgan fingerprint density at radius 1 is 0.962 bits per heavy atom. The van der Waals surface area contributed by atoms with E-state index in [4.69, 9.17) is 4.74 Å². The van der Waals surface area contributed by atoms with Gasteiger partial charge in [0, 0.05) is 11.9 Å². The molecule has 1 aromatic carbocycles. The van der Waals surface area contributed by atoms with Crippen LogP contribution >= 0.6 is 0 Å². The van der Waals surface area contributed by atoms with Crippen LogP contribution in [-0.4, -0.2) is 26.6 Å². The van der Waals surface area contributed by atoms with Crippen LogP contribution < -0.4 is 10.1 Å². The normalized spacial score (nSPS) is 10.9. The summed E-state index contributed by atoms with van der Waals surface area (Å²) in [5.41, 5.74) is 3.88. The molecule has 0 spiro atoms. The van der Waals surface area contributed by atoms with Crippen molar-refractivity contribution in [1.29, 1.82) is 0 Å². The Morgan fingerprint density at radius 2 is 1.77 bits per heavy atom. The second-order valence-corrected chi connectivity index (χ2v) is 5.98. The van der Waals surface area contributed by atoms with Crippen LogP contribution in [0.2, 0.25) is 0 Å². The summed E-state index contributed by atoms with van der Waals surface area (Å²) in [7, 11) is 1.66. The lowest BCUT2D eigenvalue weighted by molar-refractivity contribution is 0.417. The van der Waals surface area contributed by atoms with Gasteiger partial charge in [0.1, 0.15) is 23.7 Å². The molecule has 6 heteroatoms. The van der Waals surface area contributed by atoms with E-state index in [1.54, 1.807) is 19.6 Å². The molecule has 0 saturated carbocycles. The molecule has 0 fully saturated rings. The molecule has 0 aliphatic carbocycles. The molecule has 130 valence electrons. The molecule has 3 aromatic heterocycles. The molecule has 0 amide bonds. The number of hydrogen-bond donors (Lipinski definition) is 1. The average molecular weight is 345 g/mol. The highest BCUT2D eigenvalue weighted by molar-refractivity contribution is 5.94. The number of ether oxygens (including phenoxy) is 1. The van der Waals surface area contributed by atoms with Crippen LogP contribution in [0.15, 0.2) is 55.0 Å². The molecular weight excluding hydrogens is 326 g/mol. The van der Waals surface area contributed by atoms with E-state index in [2.05, 4.69) is 38.7 Å². The Bertz CT molecular complexity index is 1070. The second kappa shape index (κ2) is 6.48. The summed E-state index contributed by atoms with van der Waals surface area (Å²) in [6, 6.07) is 13.6. The van der Waals surface area contributed by atoms with Crippen LogP contribution in [0.3, 0.4) is 0 Å². The van der Waals surface area contributed by atoms with Crippen LogP contribution in [0.25, 0.3) is 16.9 Å². The van der Waals surface area contributed by atoms with Gasteiger partial charge in [-0.1, -0.05) is 18.2 Å². The maximum atomic E-state index is 5.44. The van der Waals surface area contributed by atoms with Crippen molar-refractivity contribution in [2.45, 2.75) is 13.8 Å². The lowest BCUT2D eigenvalue weighted by Crippen LogP contribution is -2.01. The van der Waals surface area contributed by atoms with E-state index >= 15 is 0 Å². The third-order valence-corrected chi connectivity index (χ3v) is 4.53. The molecule has 0 aliphatic heterocycles. The predicted octanol–water partition coefficient (Wildman–Crippen LogP) is 4.18. The number of aromatic nitrogens is 4. The summed E-state index contributed by atoms with van der Waals surface area (Å²) in [4.78, 5) is 13.5. The number of nitrogens with one attached hydrogen (secondary N) is 1. The molecule has 0 saturated heterocycles. The number of rotatable bonds is 4. The maximum Gasteiger partial charge on any atom is 0.151 e. The number of nitrogens with zero attached hydrogens (tertiary/aromatic N) is 4. The first-order valence-electron chi connectivity index (χ1n) is 8.34. The summed E-state index contributed by atoms with van der Waals surface area (Å²) in [6.45, 7) is 4.15. The molecule has 0 atom stereocenters. The van der Waals surface area contributed by atoms with Gasteiger partial charge in [0.25, 0.3) is 0 Å². The SMILES string of the molecule is COc1ccccc1Nc1ncnc2c1c(C)c(C)n2-c1ccccn1. The number of para-hydroxylation sites is 2. The Morgan fingerprint density at radius 3 is 2.54 bits per heavy atom. The van der Waals surface area contributed by atoms with Crippen molar-refractivity contribution in [2.24, 2.45) is 0 Å². The maximum absolute atomic E-state index is 5.44. The third kappa shape index (κ3) is 2.56. The van der Waals surface area contributed by atoms with Crippen molar-refractivity contribution in [2.75, 3.05) is 12.4 Å². The van der Waals surface area contributed by atoms with Gasteiger partial charge >= 0.3 is 0 Å². The highest BCUT2D eigenvalue weighted by Gasteiger charge is 2.18. The van der Waals surface area contributed by atoms with Crippen molar-refractivity contribution in [3.8, 4) is 11.6 Å². The fourth-order valence-electron chi connectivity index (χ4n) is 3.14. The summed E-state index contributed by atoms with van der Waals surface area (Å²) >= 11 is 0. The van der Waals surface area contributed by atoms with E-state index in [-0.39, 0.29) is 0 Å². The molecule has 0 radical (unpaired) electrons. The zero-order valence-electron chi connectivity index (χ0n) is 14.9. The average Bonchev–Trinajstić information content (AvgIpc) is 2.94. The number of aryl methyl sites for hydroxylation is 1. The first-order chi connectivity index (χ1) is 12.7. The van der Waals surface area contributed by atoms with E-state index in [0.29, 0.717) is 0 Å². The molecule has 0 unspecified atom stereocenters. The van der Waals surface area contributed by atoms with Gasteiger partial charge in [-0.05, 0) is 43.7 Å². The summed E-state index contributed by atoms with van der Waals surface area (Å²) in [5.74, 6) is 2.35. The molecule has 0 bridgehead atoms. The van der Waals surface area contributed by atoms with Gasteiger partial charge in [-0.2, -0.15) is 0 Å². The van der Waals surface area contributed by atoms with Crippen molar-refractivity contribution < 1.29 is 4.74 Å². The molecule has 0 aliphatic rings. The van der Waals surface area contributed by atoms with Crippen molar-refractivity contribution >= 4 is 22.5 Å². The Kier molecular flexibility index (Phi) is 4.01. The Balaban J connectivity index is 1.91. The second-order valence-electron chi connectivity index (χ2n) is 5.98. The van der Waals surface area contributed by atoms with Crippen molar-refractivity contribution in [3.63, 3.8) is 0 Å². The predicted molar refractivity (Wildman–Crippen MR) is 102 cm³/mol. The highest BCUT2D eigenvalue weighted by Crippen LogP contribution is 2.34. The summed E-state index contributed by atoms with van der Waals surface area (Å²) in [6.07, 6.45) is 3.35. The number of fused-ring (bicyclic) bond motifs is 1. The lowest BCUT2D eigenvalue weighted by atomic mass is 10.2. The first-order valence-corrected chi connectivity index (χ1v) is 8.34. The van der Waals surface area contributed by atoms with Gasteiger partial charge in [-0.25, -0.2) is 15.0 Å². The minimum atomic E-state index is 0.745. The number of pyridine rings is 1. The molecular formula is C20H19N5O. The van der Waals surface area contributed by atoms with Crippen LogP contribution in [0.4, 0.5) is 11.5 Å². The minimum absolute atomic E-state index is 0.745. The third-order valence-electron chi connectivity index (χ3n) is 4.53. The zero-order valence-corrected chi connectivity index (χ0v) is 14.9. The Labute approximate surface area is 151 Å². The van der Waals surface area contributed by atoms with Gasteiger partial charge in [-0.3, -0.25) is 4.57 Å². The van der Waals surface area contributed by atoms with E-state index in [0.717, 1.165) is 45.4 Å². The minimum Gasteiger partial charge on any atom is -0.495 e. The smallest absolute Gasteiger partial charge is 0.151 e. The Hall–Kier alpha value is -3.41. The van der Waals surface area contributed by atoms with Gasteiger partial charge in [-0.15, -0.1) is 0 Å². The highest BCUT2D eigenvalue weighted by atomic mass is 16.5. The van der Waals surface area contributed by atoms with Gasteiger partial charge < -0.3 is 10.1 Å². The fourth-order valence-corrected chi connectivity index (χ4v) is 3.14. The summed E-state index contributed by atoms with van der Waals surface area (Å²) in [5, 5.41) is 4.36. The van der Waals surface area contributed by atoms with E-state index in [1.165, 1.54) is 0 Å². The topological polar surface area (TPSA) is 64.9 Å². The lowest BCUT2D eigenvalue weighted by Gasteiger charge is -2.11.